The van der Waals surface area contributed by atoms with Gasteiger partial charge in [-0.05, 0) is 55.3 Å². The summed E-state index contributed by atoms with van der Waals surface area (Å²) in [6.45, 7) is 1.96. The molecule has 41 heavy (non-hydrogen) atoms. The molecule has 4 heterocycles. The zero-order chi connectivity index (χ0) is 28.5. The lowest BCUT2D eigenvalue weighted by Gasteiger charge is -2.13. The molecule has 0 radical (unpaired) electrons. The molecule has 0 bridgehead atoms. The summed E-state index contributed by atoms with van der Waals surface area (Å²) < 4.78 is 11.9. The molecule has 6 rings (SSSR count). The van der Waals surface area contributed by atoms with Gasteiger partial charge in [0.2, 0.25) is 5.95 Å². The van der Waals surface area contributed by atoms with Crippen LogP contribution in [-0.4, -0.2) is 82.8 Å². The predicted molar refractivity (Wildman–Crippen MR) is 166 cm³/mol. The lowest BCUT2D eigenvalue weighted by molar-refractivity contribution is 0.0775. The zero-order valence-electron chi connectivity index (χ0n) is 24.1. The molecule has 0 atom stereocenters. The van der Waals surface area contributed by atoms with Crippen molar-refractivity contribution in [3.8, 4) is 11.3 Å². The SMILES string of the molecule is CN(C)Cc1nc2cc(Nc3nc4cncc(-c5ccc6c(cnn6C)c5)n4n3)ccc2n1COCCC[S+](C)C. The Morgan fingerprint density at radius 1 is 1.00 bits per heavy atom. The first kappa shape index (κ1) is 27.2. The minimum Gasteiger partial charge on any atom is -0.361 e. The number of fused-ring (bicyclic) bond motifs is 3. The fraction of sp³-hybridized carbons (Fsp3) is 0.345. The van der Waals surface area contributed by atoms with Gasteiger partial charge in [-0.25, -0.2) is 9.50 Å². The Balaban J connectivity index is 1.26. The molecule has 0 saturated carbocycles. The van der Waals surface area contributed by atoms with Crippen LogP contribution in [0, 0.1) is 0 Å². The van der Waals surface area contributed by atoms with Crippen molar-refractivity contribution in [1.82, 2.24) is 43.8 Å². The maximum Gasteiger partial charge on any atom is 0.247 e. The zero-order valence-corrected chi connectivity index (χ0v) is 24.9. The Bertz CT molecular complexity index is 1820. The minimum atomic E-state index is 0.438. The number of hydrogen-bond donors (Lipinski definition) is 1. The number of ether oxygens (including phenoxy) is 1. The van der Waals surface area contributed by atoms with Crippen LogP contribution in [0.2, 0.25) is 0 Å². The molecule has 1 N–H and O–H groups in total. The second-order valence-corrected chi connectivity index (χ2v) is 13.0. The van der Waals surface area contributed by atoms with Crippen LogP contribution in [0.25, 0.3) is 38.8 Å². The number of aryl methyl sites for hydroxylation is 1. The first-order valence-corrected chi connectivity index (χ1v) is 15.7. The largest absolute Gasteiger partial charge is 0.361 e. The summed E-state index contributed by atoms with van der Waals surface area (Å²) in [6, 6.07) is 12.3. The Labute approximate surface area is 241 Å². The van der Waals surface area contributed by atoms with Crippen LogP contribution in [0.15, 0.2) is 55.0 Å². The van der Waals surface area contributed by atoms with E-state index in [2.05, 4.69) is 66.6 Å². The van der Waals surface area contributed by atoms with E-state index < -0.39 is 0 Å². The summed E-state index contributed by atoms with van der Waals surface area (Å²) in [5, 5.41) is 13.5. The lowest BCUT2D eigenvalue weighted by Crippen LogP contribution is -2.17. The molecule has 0 saturated heterocycles. The van der Waals surface area contributed by atoms with Crippen molar-refractivity contribution in [2.24, 2.45) is 7.05 Å². The molecule has 212 valence electrons. The van der Waals surface area contributed by atoms with E-state index in [-0.39, 0.29) is 0 Å². The third kappa shape index (κ3) is 5.76. The Morgan fingerprint density at radius 3 is 2.68 bits per heavy atom. The van der Waals surface area contributed by atoms with Gasteiger partial charge in [-0.15, -0.1) is 5.10 Å². The van der Waals surface area contributed by atoms with E-state index in [0.29, 0.717) is 29.2 Å². The number of nitrogens with zero attached hydrogens (tertiary/aromatic N) is 9. The third-order valence-corrected chi connectivity index (χ3v) is 8.00. The fourth-order valence-corrected chi connectivity index (χ4v) is 5.62. The summed E-state index contributed by atoms with van der Waals surface area (Å²) >= 11 is 0. The normalized spacial score (nSPS) is 12.1. The van der Waals surface area contributed by atoms with Gasteiger partial charge in [0, 0.05) is 30.1 Å². The van der Waals surface area contributed by atoms with Crippen molar-refractivity contribution in [2.45, 2.75) is 19.7 Å². The molecule has 6 aromatic rings. The molecule has 2 aromatic carbocycles. The molecule has 12 heteroatoms. The van der Waals surface area contributed by atoms with Gasteiger partial charge in [0.05, 0.1) is 66.5 Å². The first-order valence-electron chi connectivity index (χ1n) is 13.5. The molecule has 0 spiro atoms. The fourth-order valence-electron chi connectivity index (χ4n) is 4.93. The highest BCUT2D eigenvalue weighted by molar-refractivity contribution is 7.95. The lowest BCUT2D eigenvalue weighted by atomic mass is 10.1. The third-order valence-electron chi connectivity index (χ3n) is 6.89. The van der Waals surface area contributed by atoms with Gasteiger partial charge in [0.25, 0.3) is 0 Å². The van der Waals surface area contributed by atoms with E-state index in [1.165, 1.54) is 5.75 Å². The summed E-state index contributed by atoms with van der Waals surface area (Å²) in [4.78, 5) is 16.2. The van der Waals surface area contributed by atoms with E-state index >= 15 is 0 Å². The number of hydrogen-bond acceptors (Lipinski definition) is 8. The van der Waals surface area contributed by atoms with E-state index in [1.807, 2.05) is 48.7 Å². The number of rotatable bonds is 11. The maximum atomic E-state index is 6.05. The van der Waals surface area contributed by atoms with Crippen LogP contribution in [0.4, 0.5) is 11.6 Å². The number of benzene rings is 2. The average molecular weight is 572 g/mol. The Morgan fingerprint density at radius 2 is 1.85 bits per heavy atom. The number of aromatic nitrogens is 8. The van der Waals surface area contributed by atoms with Crippen LogP contribution < -0.4 is 5.32 Å². The Hall–Kier alpha value is -4.00. The quantitative estimate of drug-likeness (QED) is 0.183. The monoisotopic (exact) mass is 571 g/mol. The van der Waals surface area contributed by atoms with Crippen molar-refractivity contribution in [1.29, 1.82) is 0 Å². The van der Waals surface area contributed by atoms with Crippen LogP contribution >= 0.6 is 0 Å². The molecule has 0 unspecified atom stereocenters. The van der Waals surface area contributed by atoms with Crippen molar-refractivity contribution in [3.05, 3.63) is 60.8 Å². The van der Waals surface area contributed by atoms with Gasteiger partial charge >= 0.3 is 0 Å². The minimum absolute atomic E-state index is 0.438. The van der Waals surface area contributed by atoms with Gasteiger partial charge in [-0.2, -0.15) is 10.1 Å². The smallest absolute Gasteiger partial charge is 0.247 e. The molecule has 0 aliphatic rings. The maximum absolute atomic E-state index is 6.05. The van der Waals surface area contributed by atoms with Crippen molar-refractivity contribution >= 4 is 50.1 Å². The van der Waals surface area contributed by atoms with Crippen LogP contribution in [-0.2, 0) is 36.0 Å². The summed E-state index contributed by atoms with van der Waals surface area (Å²) in [7, 11) is 6.48. The van der Waals surface area contributed by atoms with Crippen molar-refractivity contribution < 1.29 is 4.74 Å². The van der Waals surface area contributed by atoms with Gasteiger partial charge in [-0.3, -0.25) is 9.67 Å². The first-order chi connectivity index (χ1) is 19.9. The van der Waals surface area contributed by atoms with Crippen molar-refractivity contribution in [3.63, 3.8) is 0 Å². The number of imidazole rings is 1. The second-order valence-electron chi connectivity index (χ2n) is 10.6. The molecular weight excluding hydrogens is 536 g/mol. The number of anilines is 2. The van der Waals surface area contributed by atoms with E-state index in [1.54, 1.807) is 12.4 Å². The van der Waals surface area contributed by atoms with E-state index in [0.717, 1.165) is 64.3 Å². The highest BCUT2D eigenvalue weighted by atomic mass is 32.2. The molecular formula is C29H35N10OS+. The summed E-state index contributed by atoms with van der Waals surface area (Å²) in [5.74, 6) is 2.65. The van der Waals surface area contributed by atoms with Gasteiger partial charge < -0.3 is 19.5 Å². The molecule has 4 aromatic heterocycles. The summed E-state index contributed by atoms with van der Waals surface area (Å²) in [5.41, 5.74) is 6.37. The molecule has 11 nitrogen and oxygen atoms in total. The topological polar surface area (TPSA) is 103 Å². The van der Waals surface area contributed by atoms with Gasteiger partial charge in [0.1, 0.15) is 18.3 Å². The van der Waals surface area contributed by atoms with E-state index in [9.17, 15) is 0 Å². The highest BCUT2D eigenvalue weighted by Gasteiger charge is 2.15. The Kier molecular flexibility index (Phi) is 7.61. The van der Waals surface area contributed by atoms with Crippen LogP contribution in [0.5, 0.6) is 0 Å². The second kappa shape index (κ2) is 11.5. The standard InChI is InChI=1S/C29H35N10OS/c1-36(2)18-28-33-23-14-22(8-10-25(23)38(28)19-40-11-6-12-41(4)5)32-29-34-27-17-30-16-26(39(27)35-29)20-7-9-24-21(13-20)15-31-37(24)3/h7-10,13-17H,6,11-12,18-19H2,1-5H3,(H,32,35)/q+1. The summed E-state index contributed by atoms with van der Waals surface area (Å²) in [6.07, 6.45) is 11.0. The average Bonchev–Trinajstić information content (AvgIpc) is 3.62. The van der Waals surface area contributed by atoms with Crippen LogP contribution in [0.1, 0.15) is 12.2 Å². The van der Waals surface area contributed by atoms with E-state index in [4.69, 9.17) is 14.8 Å². The molecule has 0 aliphatic carbocycles. The predicted octanol–water partition coefficient (Wildman–Crippen LogP) is 4.08. The highest BCUT2D eigenvalue weighted by Crippen LogP contribution is 2.26. The van der Waals surface area contributed by atoms with Gasteiger partial charge in [0.15, 0.2) is 5.65 Å². The van der Waals surface area contributed by atoms with Gasteiger partial charge in [-0.1, -0.05) is 6.07 Å². The number of nitrogens with one attached hydrogen (secondary N) is 1. The molecule has 0 fully saturated rings. The molecule has 0 amide bonds. The molecule has 0 aliphatic heterocycles. The van der Waals surface area contributed by atoms with Crippen LogP contribution in [0.3, 0.4) is 0 Å². The van der Waals surface area contributed by atoms with Crippen molar-refractivity contribution in [2.75, 3.05) is 44.3 Å².